The fraction of sp³-hybridized carbons (Fsp3) is 0.167. The largest absolute Gasteiger partial charge is 0.507 e. The van der Waals surface area contributed by atoms with E-state index in [-0.39, 0.29) is 18.0 Å². The van der Waals surface area contributed by atoms with E-state index in [1.807, 2.05) is 60.7 Å². The van der Waals surface area contributed by atoms with Crippen LogP contribution in [-0.2, 0) is 0 Å². The van der Waals surface area contributed by atoms with E-state index in [2.05, 4.69) is 22.8 Å². The van der Waals surface area contributed by atoms with E-state index in [1.165, 1.54) is 0 Å². The van der Waals surface area contributed by atoms with E-state index in [1.54, 1.807) is 20.3 Å². The first-order valence-corrected chi connectivity index (χ1v) is 9.58. The number of nitrogens with two attached hydrogens (primary N) is 1. The lowest BCUT2D eigenvalue weighted by Gasteiger charge is -2.30. The summed E-state index contributed by atoms with van der Waals surface area (Å²) in [6, 6.07) is 23.4. The van der Waals surface area contributed by atoms with Gasteiger partial charge in [-0.3, -0.25) is 0 Å². The number of phenolic OH excluding ortho intramolecular Hbond substituents is 1. The van der Waals surface area contributed by atoms with Gasteiger partial charge in [-0.05, 0) is 36.4 Å². The van der Waals surface area contributed by atoms with Gasteiger partial charge in [-0.25, -0.2) is 0 Å². The minimum atomic E-state index is -0.0815. The third-order valence-corrected chi connectivity index (χ3v) is 5.21. The number of hydrogen-bond acceptors (Lipinski definition) is 4. The third-order valence-electron chi connectivity index (χ3n) is 5.21. The van der Waals surface area contributed by atoms with E-state index in [4.69, 9.17) is 9.47 Å². The van der Waals surface area contributed by atoms with Gasteiger partial charge in [0.25, 0.3) is 0 Å². The summed E-state index contributed by atoms with van der Waals surface area (Å²) in [7, 11) is 3.35. The maximum Gasteiger partial charge on any atom is 0.190 e. The third kappa shape index (κ3) is 3.91. The molecule has 0 saturated heterocycles. The Morgan fingerprint density at radius 3 is 2.38 bits per heavy atom. The summed E-state index contributed by atoms with van der Waals surface area (Å²) in [5, 5.41) is 16.3. The molecule has 0 radical (unpaired) electrons. The highest BCUT2D eigenvalue weighted by molar-refractivity contribution is 5.67. The zero-order chi connectivity index (χ0) is 20.2. The molecule has 0 amide bonds. The molecule has 0 aliphatic carbocycles. The van der Waals surface area contributed by atoms with Crippen LogP contribution in [-0.4, -0.2) is 19.3 Å². The SMILES string of the molecule is COc1cccc(C2=CC(c3ccccc3O)[NH2+]C(c3ccccc3OC)N2)c1. The highest BCUT2D eigenvalue weighted by Crippen LogP contribution is 2.31. The molecule has 29 heavy (non-hydrogen) atoms. The van der Waals surface area contributed by atoms with E-state index in [0.717, 1.165) is 33.9 Å². The molecule has 0 saturated carbocycles. The van der Waals surface area contributed by atoms with Crippen LogP contribution in [0, 0.1) is 0 Å². The zero-order valence-electron chi connectivity index (χ0n) is 16.5. The van der Waals surface area contributed by atoms with E-state index in [0.29, 0.717) is 0 Å². The molecule has 0 spiro atoms. The molecule has 3 aromatic carbocycles. The van der Waals surface area contributed by atoms with Gasteiger partial charge in [0.05, 0.1) is 25.3 Å². The van der Waals surface area contributed by atoms with Crippen molar-refractivity contribution in [3.8, 4) is 17.2 Å². The van der Waals surface area contributed by atoms with Gasteiger partial charge in [0.15, 0.2) is 6.17 Å². The fourth-order valence-electron chi connectivity index (χ4n) is 3.74. The monoisotopic (exact) mass is 389 g/mol. The normalized spacial score (nSPS) is 18.5. The Kier molecular flexibility index (Phi) is 5.40. The molecule has 0 bridgehead atoms. The van der Waals surface area contributed by atoms with E-state index >= 15 is 0 Å². The Morgan fingerprint density at radius 1 is 0.862 bits per heavy atom. The Bertz CT molecular complexity index is 1030. The lowest BCUT2D eigenvalue weighted by atomic mass is 9.97. The number of para-hydroxylation sites is 2. The molecule has 4 rings (SSSR count). The zero-order valence-corrected chi connectivity index (χ0v) is 16.5. The summed E-state index contributed by atoms with van der Waals surface area (Å²) in [5.41, 5.74) is 3.92. The molecule has 3 aromatic rings. The molecular weight excluding hydrogens is 364 g/mol. The molecular formula is C24H25N2O3+. The summed E-state index contributed by atoms with van der Waals surface area (Å²) < 4.78 is 11.0. The molecule has 0 aromatic heterocycles. The number of phenols is 1. The summed E-state index contributed by atoms with van der Waals surface area (Å²) in [5.74, 6) is 1.91. The van der Waals surface area contributed by atoms with Crippen LogP contribution in [0.1, 0.15) is 28.9 Å². The van der Waals surface area contributed by atoms with Crippen LogP contribution in [0.5, 0.6) is 17.2 Å². The minimum Gasteiger partial charge on any atom is -0.507 e. The van der Waals surface area contributed by atoms with Crippen molar-refractivity contribution >= 4 is 5.70 Å². The van der Waals surface area contributed by atoms with Crippen LogP contribution in [0.15, 0.2) is 78.9 Å². The van der Waals surface area contributed by atoms with Crippen molar-refractivity contribution in [2.45, 2.75) is 12.2 Å². The topological polar surface area (TPSA) is 67.3 Å². The van der Waals surface area contributed by atoms with E-state index < -0.39 is 0 Å². The lowest BCUT2D eigenvalue weighted by molar-refractivity contribution is -0.731. The van der Waals surface area contributed by atoms with Gasteiger partial charge >= 0.3 is 0 Å². The molecule has 4 N–H and O–H groups in total. The van der Waals surface area contributed by atoms with Crippen molar-refractivity contribution < 1.29 is 19.9 Å². The molecule has 148 valence electrons. The van der Waals surface area contributed by atoms with Crippen molar-refractivity contribution in [2.75, 3.05) is 14.2 Å². The average Bonchev–Trinajstić information content (AvgIpc) is 2.79. The van der Waals surface area contributed by atoms with Crippen LogP contribution >= 0.6 is 0 Å². The molecule has 2 unspecified atom stereocenters. The standard InChI is InChI=1S/C24H24N2O3/c1-28-17-9-7-8-16(14-17)20-15-21(18-10-3-5-12-22(18)27)26-24(25-20)19-11-4-6-13-23(19)29-2/h3-15,21,24-27H,1-2H3/p+1. The van der Waals surface area contributed by atoms with Gasteiger partial charge < -0.3 is 25.2 Å². The number of aromatic hydroxyl groups is 1. The number of ether oxygens (including phenoxy) is 2. The van der Waals surface area contributed by atoms with Gasteiger partial charge in [-0.15, -0.1) is 0 Å². The number of nitrogens with one attached hydrogen (secondary N) is 1. The van der Waals surface area contributed by atoms with Crippen molar-refractivity contribution in [2.24, 2.45) is 0 Å². The second-order valence-electron chi connectivity index (χ2n) is 6.95. The number of benzene rings is 3. The summed E-state index contributed by atoms with van der Waals surface area (Å²) in [6.45, 7) is 0. The molecule has 5 nitrogen and oxygen atoms in total. The van der Waals surface area contributed by atoms with Crippen molar-refractivity contribution in [3.05, 3.63) is 95.6 Å². The van der Waals surface area contributed by atoms with Crippen LogP contribution in [0.4, 0.5) is 0 Å². The van der Waals surface area contributed by atoms with Crippen molar-refractivity contribution in [1.29, 1.82) is 0 Å². The molecule has 0 fully saturated rings. The number of quaternary nitrogens is 1. The Balaban J connectivity index is 1.79. The van der Waals surface area contributed by atoms with Gasteiger partial charge in [-0.2, -0.15) is 0 Å². The van der Waals surface area contributed by atoms with Gasteiger partial charge in [0.2, 0.25) is 0 Å². The summed E-state index contributed by atoms with van der Waals surface area (Å²) in [4.78, 5) is 0. The van der Waals surface area contributed by atoms with Crippen molar-refractivity contribution in [3.63, 3.8) is 0 Å². The smallest absolute Gasteiger partial charge is 0.190 e. The van der Waals surface area contributed by atoms with Crippen LogP contribution < -0.4 is 20.1 Å². The second kappa shape index (κ2) is 8.29. The molecule has 1 aliphatic rings. The predicted octanol–water partition coefficient (Wildman–Crippen LogP) is 3.36. The molecule has 2 atom stereocenters. The van der Waals surface area contributed by atoms with E-state index in [9.17, 15) is 5.11 Å². The molecule has 1 heterocycles. The first kappa shape index (κ1) is 18.9. The number of hydrogen-bond donors (Lipinski definition) is 3. The Hall–Kier alpha value is -3.44. The number of methoxy groups -OCH3 is 2. The molecule has 1 aliphatic heterocycles. The summed E-state index contributed by atoms with van der Waals surface area (Å²) >= 11 is 0. The van der Waals surface area contributed by atoms with Crippen LogP contribution in [0.2, 0.25) is 0 Å². The van der Waals surface area contributed by atoms with Crippen molar-refractivity contribution in [1.82, 2.24) is 5.32 Å². The quantitative estimate of drug-likeness (QED) is 0.626. The minimum absolute atomic E-state index is 0.0615. The Labute approximate surface area is 170 Å². The van der Waals surface area contributed by atoms with Gasteiger partial charge in [-0.1, -0.05) is 36.4 Å². The first-order valence-electron chi connectivity index (χ1n) is 9.58. The maximum absolute atomic E-state index is 10.4. The predicted molar refractivity (Wildman–Crippen MR) is 113 cm³/mol. The average molecular weight is 389 g/mol. The van der Waals surface area contributed by atoms with Gasteiger partial charge in [0, 0.05) is 17.3 Å². The Morgan fingerprint density at radius 2 is 1.62 bits per heavy atom. The van der Waals surface area contributed by atoms with Crippen LogP contribution in [0.25, 0.3) is 5.70 Å². The highest BCUT2D eigenvalue weighted by Gasteiger charge is 2.30. The fourth-order valence-corrected chi connectivity index (χ4v) is 3.74. The molecule has 5 heteroatoms. The van der Waals surface area contributed by atoms with Gasteiger partial charge in [0.1, 0.15) is 23.3 Å². The number of rotatable bonds is 5. The first-order chi connectivity index (χ1) is 14.2. The second-order valence-corrected chi connectivity index (χ2v) is 6.95. The highest BCUT2D eigenvalue weighted by atomic mass is 16.5. The van der Waals surface area contributed by atoms with Crippen LogP contribution in [0.3, 0.4) is 0 Å². The lowest BCUT2D eigenvalue weighted by Crippen LogP contribution is -2.89. The maximum atomic E-state index is 10.4. The summed E-state index contributed by atoms with van der Waals surface area (Å²) in [6.07, 6.45) is 2.05.